The van der Waals surface area contributed by atoms with Crippen molar-refractivity contribution in [2.45, 2.75) is 18.9 Å². The van der Waals surface area contributed by atoms with Crippen molar-refractivity contribution >= 4 is 21.6 Å². The van der Waals surface area contributed by atoms with E-state index in [0.717, 1.165) is 12.8 Å². The van der Waals surface area contributed by atoms with Gasteiger partial charge in [-0.2, -0.15) is 4.31 Å². The first-order valence-corrected chi connectivity index (χ1v) is 7.91. The molecule has 2 heterocycles. The topological polar surface area (TPSA) is 59.5 Å². The highest BCUT2D eigenvalue weighted by Crippen LogP contribution is 2.25. The van der Waals surface area contributed by atoms with Crippen LogP contribution in [0, 0.1) is 0 Å². The first-order chi connectivity index (χ1) is 8.47. The van der Waals surface area contributed by atoms with Gasteiger partial charge in [0.1, 0.15) is 16.9 Å². The predicted molar refractivity (Wildman–Crippen MR) is 69.3 cm³/mol. The normalized spacial score (nSPS) is 21.8. The molecule has 100 valence electrons. The van der Waals surface area contributed by atoms with Crippen molar-refractivity contribution in [3.63, 3.8) is 0 Å². The highest BCUT2D eigenvalue weighted by molar-refractivity contribution is 7.88. The molecule has 0 unspecified atom stereocenters. The third-order valence-corrected chi connectivity index (χ3v) is 4.39. The molecule has 1 aromatic heterocycles. The van der Waals surface area contributed by atoms with Gasteiger partial charge in [-0.1, -0.05) is 11.6 Å². The molecule has 2 rings (SSSR count). The largest absolute Gasteiger partial charge is 0.487 e. The van der Waals surface area contributed by atoms with Gasteiger partial charge in [-0.05, 0) is 12.8 Å². The second-order valence-corrected chi connectivity index (χ2v) is 6.70. The van der Waals surface area contributed by atoms with Crippen molar-refractivity contribution < 1.29 is 13.2 Å². The highest BCUT2D eigenvalue weighted by Gasteiger charge is 2.27. The van der Waals surface area contributed by atoms with Crippen molar-refractivity contribution in [3.8, 4) is 5.75 Å². The number of hydrogen-bond donors (Lipinski definition) is 0. The van der Waals surface area contributed by atoms with Crippen LogP contribution in [-0.4, -0.2) is 43.2 Å². The highest BCUT2D eigenvalue weighted by atomic mass is 35.5. The molecule has 0 saturated carbocycles. The second kappa shape index (κ2) is 5.42. The molecule has 0 radical (unpaired) electrons. The van der Waals surface area contributed by atoms with E-state index < -0.39 is 10.0 Å². The molecule has 5 nitrogen and oxygen atoms in total. The van der Waals surface area contributed by atoms with Crippen molar-refractivity contribution in [1.29, 1.82) is 0 Å². The average molecular weight is 291 g/mol. The van der Waals surface area contributed by atoms with Gasteiger partial charge >= 0.3 is 0 Å². The van der Waals surface area contributed by atoms with Crippen molar-refractivity contribution in [2.24, 2.45) is 0 Å². The molecule has 1 aliphatic heterocycles. The summed E-state index contributed by atoms with van der Waals surface area (Å²) < 4.78 is 30.1. The van der Waals surface area contributed by atoms with Gasteiger partial charge in [0.05, 0.1) is 12.8 Å². The summed E-state index contributed by atoms with van der Waals surface area (Å²) in [5, 5.41) is 0.439. The van der Waals surface area contributed by atoms with E-state index >= 15 is 0 Å². The minimum Gasteiger partial charge on any atom is -0.487 e. The van der Waals surface area contributed by atoms with Gasteiger partial charge in [0, 0.05) is 25.0 Å². The Hall–Kier alpha value is -0.850. The van der Waals surface area contributed by atoms with Gasteiger partial charge in [0.15, 0.2) is 0 Å². The van der Waals surface area contributed by atoms with Crippen LogP contribution in [0.3, 0.4) is 0 Å². The van der Waals surface area contributed by atoms with E-state index in [0.29, 0.717) is 23.9 Å². The fraction of sp³-hybridized carbons (Fsp3) is 0.545. The molecule has 0 N–H and O–H groups in total. The van der Waals surface area contributed by atoms with E-state index in [1.807, 2.05) is 0 Å². The Labute approximate surface area is 112 Å². The standard InChI is InChI=1S/C11H15ClN2O3S/c1-18(15,16)14-6-2-3-9(8-14)17-11-4-5-13-7-10(11)12/h4-5,7,9H,2-3,6,8H2,1H3/t9-/m0/s1. The van der Waals surface area contributed by atoms with Crippen molar-refractivity contribution in [1.82, 2.24) is 9.29 Å². The van der Waals surface area contributed by atoms with Gasteiger partial charge in [0.25, 0.3) is 0 Å². The number of rotatable bonds is 3. The molecule has 1 saturated heterocycles. The summed E-state index contributed by atoms with van der Waals surface area (Å²) in [7, 11) is -3.15. The fourth-order valence-corrected chi connectivity index (χ4v) is 3.00. The van der Waals surface area contributed by atoms with Crippen LogP contribution in [0.1, 0.15) is 12.8 Å². The molecule has 1 fully saturated rings. The third-order valence-electron chi connectivity index (χ3n) is 2.84. The first-order valence-electron chi connectivity index (χ1n) is 5.68. The van der Waals surface area contributed by atoms with E-state index in [-0.39, 0.29) is 6.10 Å². The number of ether oxygens (including phenoxy) is 1. The van der Waals surface area contributed by atoms with Crippen molar-refractivity contribution in [2.75, 3.05) is 19.3 Å². The summed E-state index contributed by atoms with van der Waals surface area (Å²) in [6.07, 6.45) is 5.78. The third kappa shape index (κ3) is 3.34. The van der Waals surface area contributed by atoms with E-state index in [4.69, 9.17) is 16.3 Å². The number of pyridine rings is 1. The van der Waals surface area contributed by atoms with Crippen LogP contribution in [0.2, 0.25) is 5.02 Å². The maximum atomic E-state index is 11.5. The van der Waals surface area contributed by atoms with Crippen LogP contribution in [0.15, 0.2) is 18.5 Å². The lowest BCUT2D eigenvalue weighted by Crippen LogP contribution is -2.43. The molecule has 0 aliphatic carbocycles. The maximum absolute atomic E-state index is 11.5. The summed E-state index contributed by atoms with van der Waals surface area (Å²) in [6, 6.07) is 1.68. The van der Waals surface area contributed by atoms with E-state index in [1.54, 1.807) is 12.3 Å². The average Bonchev–Trinajstić information content (AvgIpc) is 2.31. The van der Waals surface area contributed by atoms with E-state index in [9.17, 15) is 8.42 Å². The zero-order valence-electron chi connectivity index (χ0n) is 10.0. The summed E-state index contributed by atoms with van der Waals surface area (Å²) >= 11 is 5.95. The van der Waals surface area contributed by atoms with E-state index in [1.165, 1.54) is 16.8 Å². The molecule has 0 aromatic carbocycles. The fourth-order valence-electron chi connectivity index (χ4n) is 1.94. The number of aromatic nitrogens is 1. The molecule has 18 heavy (non-hydrogen) atoms. The lowest BCUT2D eigenvalue weighted by molar-refractivity contribution is 0.130. The zero-order chi connectivity index (χ0) is 13.2. The minimum absolute atomic E-state index is 0.159. The van der Waals surface area contributed by atoms with Crippen LogP contribution in [0.25, 0.3) is 0 Å². The molecular formula is C11H15ClN2O3S. The Bertz CT molecular complexity index is 521. The Morgan fingerprint density at radius 1 is 1.56 bits per heavy atom. The molecule has 1 aromatic rings. The summed E-state index contributed by atoms with van der Waals surface area (Å²) in [5.41, 5.74) is 0. The Balaban J connectivity index is 2.05. The summed E-state index contributed by atoms with van der Waals surface area (Å²) in [4.78, 5) is 3.87. The Morgan fingerprint density at radius 2 is 2.33 bits per heavy atom. The van der Waals surface area contributed by atoms with Crippen LogP contribution in [0.5, 0.6) is 5.75 Å². The summed E-state index contributed by atoms with van der Waals surface area (Å²) in [5.74, 6) is 0.548. The van der Waals surface area contributed by atoms with Crippen LogP contribution < -0.4 is 4.74 Å². The monoisotopic (exact) mass is 290 g/mol. The molecular weight excluding hydrogens is 276 g/mol. The van der Waals surface area contributed by atoms with Crippen LogP contribution in [0.4, 0.5) is 0 Å². The minimum atomic E-state index is -3.15. The number of halogens is 1. The van der Waals surface area contributed by atoms with Gasteiger partial charge in [0.2, 0.25) is 10.0 Å². The Morgan fingerprint density at radius 3 is 3.00 bits per heavy atom. The zero-order valence-corrected chi connectivity index (χ0v) is 11.6. The van der Waals surface area contributed by atoms with Gasteiger partial charge in [-0.25, -0.2) is 8.42 Å². The Kier molecular flexibility index (Phi) is 4.09. The number of nitrogens with zero attached hydrogens (tertiary/aromatic N) is 2. The van der Waals surface area contributed by atoms with Gasteiger partial charge < -0.3 is 4.74 Å². The smallest absolute Gasteiger partial charge is 0.211 e. The maximum Gasteiger partial charge on any atom is 0.211 e. The van der Waals surface area contributed by atoms with Gasteiger partial charge in [-0.15, -0.1) is 0 Å². The van der Waals surface area contributed by atoms with Crippen LogP contribution >= 0.6 is 11.6 Å². The predicted octanol–water partition coefficient (Wildman–Crippen LogP) is 1.54. The molecule has 1 atom stereocenters. The molecule has 0 bridgehead atoms. The molecule has 7 heteroatoms. The molecule has 1 aliphatic rings. The second-order valence-electron chi connectivity index (χ2n) is 4.31. The SMILES string of the molecule is CS(=O)(=O)N1CCC[C@H](Oc2ccncc2Cl)C1. The molecule has 0 amide bonds. The number of hydrogen-bond acceptors (Lipinski definition) is 4. The molecule has 0 spiro atoms. The van der Waals surface area contributed by atoms with E-state index in [2.05, 4.69) is 4.98 Å². The lowest BCUT2D eigenvalue weighted by atomic mass is 10.1. The van der Waals surface area contributed by atoms with Crippen LogP contribution in [-0.2, 0) is 10.0 Å². The quantitative estimate of drug-likeness (QED) is 0.847. The van der Waals surface area contributed by atoms with Gasteiger partial charge in [-0.3, -0.25) is 4.98 Å². The first kappa shape index (κ1) is 13.6. The number of piperidine rings is 1. The number of sulfonamides is 1. The lowest BCUT2D eigenvalue weighted by Gasteiger charge is -2.31. The summed E-state index contributed by atoms with van der Waals surface area (Å²) in [6.45, 7) is 0.931. The van der Waals surface area contributed by atoms with Crippen molar-refractivity contribution in [3.05, 3.63) is 23.5 Å².